The van der Waals surface area contributed by atoms with Crippen molar-refractivity contribution in [2.75, 3.05) is 26.9 Å². The van der Waals surface area contributed by atoms with Crippen LogP contribution in [-0.4, -0.2) is 39.1 Å². The molecular weight excluding hydrogens is 360 g/mol. The standard InChI is InChI=1S/C18H17ClN2O5/c1-23-13-2-4-14(5-3-13)26-11-17(22)21-20-10-12-8-15(19)18-16(9-12)24-6-7-25-18/h2-5,8-10H,6-7,11H2,1H3,(H,21,22)/b20-10-. The molecule has 0 fully saturated rings. The van der Waals surface area contributed by atoms with E-state index in [1.807, 2.05) is 0 Å². The van der Waals surface area contributed by atoms with Crippen LogP contribution in [0.5, 0.6) is 23.0 Å². The van der Waals surface area contributed by atoms with Gasteiger partial charge in [0.25, 0.3) is 5.91 Å². The highest BCUT2D eigenvalue weighted by Gasteiger charge is 2.16. The van der Waals surface area contributed by atoms with Crippen LogP contribution in [0.3, 0.4) is 0 Å². The van der Waals surface area contributed by atoms with E-state index in [1.165, 1.54) is 6.21 Å². The van der Waals surface area contributed by atoms with Crippen LogP contribution in [0.4, 0.5) is 0 Å². The number of benzene rings is 2. The van der Waals surface area contributed by atoms with Gasteiger partial charge in [0.05, 0.1) is 18.3 Å². The van der Waals surface area contributed by atoms with Crippen molar-refractivity contribution in [1.82, 2.24) is 5.43 Å². The molecule has 2 aromatic rings. The van der Waals surface area contributed by atoms with E-state index in [0.717, 1.165) is 0 Å². The molecule has 0 saturated heterocycles. The monoisotopic (exact) mass is 376 g/mol. The van der Waals surface area contributed by atoms with Gasteiger partial charge in [-0.05, 0) is 42.0 Å². The van der Waals surface area contributed by atoms with Crippen molar-refractivity contribution < 1.29 is 23.7 Å². The SMILES string of the molecule is COc1ccc(OCC(=O)N/N=C\c2cc(Cl)c3c(c2)OCCO3)cc1. The van der Waals surface area contributed by atoms with Gasteiger partial charge in [-0.2, -0.15) is 5.10 Å². The largest absolute Gasteiger partial charge is 0.497 e. The van der Waals surface area contributed by atoms with E-state index in [2.05, 4.69) is 10.5 Å². The molecule has 26 heavy (non-hydrogen) atoms. The van der Waals surface area contributed by atoms with E-state index >= 15 is 0 Å². The van der Waals surface area contributed by atoms with Crippen molar-refractivity contribution in [1.29, 1.82) is 0 Å². The highest BCUT2D eigenvalue weighted by molar-refractivity contribution is 6.32. The zero-order chi connectivity index (χ0) is 18.4. The Morgan fingerprint density at radius 1 is 1.23 bits per heavy atom. The first-order valence-electron chi connectivity index (χ1n) is 7.83. The number of nitrogens with one attached hydrogen (secondary N) is 1. The van der Waals surface area contributed by atoms with Crippen molar-refractivity contribution in [3.05, 3.63) is 47.0 Å². The number of carbonyl (C=O) groups is 1. The fourth-order valence-corrected chi connectivity index (χ4v) is 2.51. The van der Waals surface area contributed by atoms with E-state index in [-0.39, 0.29) is 12.5 Å². The molecule has 3 rings (SSSR count). The molecule has 8 heteroatoms. The van der Waals surface area contributed by atoms with Crippen LogP contribution in [0.1, 0.15) is 5.56 Å². The van der Waals surface area contributed by atoms with Crippen LogP contribution >= 0.6 is 11.6 Å². The van der Waals surface area contributed by atoms with Crippen molar-refractivity contribution in [3.8, 4) is 23.0 Å². The lowest BCUT2D eigenvalue weighted by Gasteiger charge is -2.19. The number of rotatable bonds is 6. The molecule has 7 nitrogen and oxygen atoms in total. The Kier molecular flexibility index (Phi) is 5.80. The van der Waals surface area contributed by atoms with E-state index in [9.17, 15) is 4.79 Å². The maximum atomic E-state index is 11.8. The second-order valence-corrected chi connectivity index (χ2v) is 5.69. The third kappa shape index (κ3) is 4.58. The number of methoxy groups -OCH3 is 1. The quantitative estimate of drug-likeness (QED) is 0.619. The predicted octanol–water partition coefficient (Wildman–Crippen LogP) is 2.65. The van der Waals surface area contributed by atoms with Gasteiger partial charge >= 0.3 is 0 Å². The summed E-state index contributed by atoms with van der Waals surface area (Å²) in [6, 6.07) is 10.3. The molecule has 0 radical (unpaired) electrons. The predicted molar refractivity (Wildman–Crippen MR) is 96.7 cm³/mol. The molecule has 1 amide bonds. The first-order chi connectivity index (χ1) is 12.7. The Bertz CT molecular complexity index is 808. The summed E-state index contributed by atoms with van der Waals surface area (Å²) in [5.41, 5.74) is 3.07. The average Bonchev–Trinajstić information content (AvgIpc) is 2.67. The topological polar surface area (TPSA) is 78.4 Å². The van der Waals surface area contributed by atoms with Gasteiger partial charge < -0.3 is 18.9 Å². The van der Waals surface area contributed by atoms with Gasteiger partial charge in [0.1, 0.15) is 24.7 Å². The molecule has 0 unspecified atom stereocenters. The van der Waals surface area contributed by atoms with Gasteiger partial charge in [0, 0.05) is 0 Å². The third-order valence-corrected chi connectivity index (χ3v) is 3.73. The number of carbonyl (C=O) groups excluding carboxylic acids is 1. The number of hydrazone groups is 1. The second-order valence-electron chi connectivity index (χ2n) is 5.28. The van der Waals surface area contributed by atoms with E-state index in [1.54, 1.807) is 43.5 Å². The average molecular weight is 377 g/mol. The molecule has 136 valence electrons. The maximum absolute atomic E-state index is 11.8. The summed E-state index contributed by atoms with van der Waals surface area (Å²) in [7, 11) is 1.58. The highest BCUT2D eigenvalue weighted by Crippen LogP contribution is 2.37. The van der Waals surface area contributed by atoms with Gasteiger partial charge in [0.2, 0.25) is 0 Å². The van der Waals surface area contributed by atoms with Crippen LogP contribution in [0.2, 0.25) is 5.02 Å². The van der Waals surface area contributed by atoms with Gasteiger partial charge in [-0.15, -0.1) is 0 Å². The smallest absolute Gasteiger partial charge is 0.277 e. The Labute approximate surface area is 155 Å². The minimum Gasteiger partial charge on any atom is -0.497 e. The second kappa shape index (κ2) is 8.44. The van der Waals surface area contributed by atoms with Crippen LogP contribution < -0.4 is 24.4 Å². The first kappa shape index (κ1) is 17.9. The molecule has 1 heterocycles. The molecule has 0 aromatic heterocycles. The van der Waals surface area contributed by atoms with Crippen molar-refractivity contribution in [3.63, 3.8) is 0 Å². The normalized spacial score (nSPS) is 12.7. The molecule has 1 N–H and O–H groups in total. The molecule has 0 aliphatic carbocycles. The van der Waals surface area contributed by atoms with Gasteiger partial charge in [-0.1, -0.05) is 11.6 Å². The number of halogens is 1. The number of ether oxygens (including phenoxy) is 4. The van der Waals surface area contributed by atoms with E-state index < -0.39 is 0 Å². The molecule has 0 saturated carbocycles. The summed E-state index contributed by atoms with van der Waals surface area (Å²) >= 11 is 6.15. The minimum atomic E-state index is -0.388. The lowest BCUT2D eigenvalue weighted by Crippen LogP contribution is -2.24. The molecule has 2 aromatic carbocycles. The van der Waals surface area contributed by atoms with Gasteiger partial charge in [-0.3, -0.25) is 4.79 Å². The van der Waals surface area contributed by atoms with Crippen LogP contribution in [0, 0.1) is 0 Å². The van der Waals surface area contributed by atoms with Gasteiger partial charge in [0.15, 0.2) is 18.1 Å². The Hall–Kier alpha value is -2.93. The lowest BCUT2D eigenvalue weighted by atomic mass is 10.2. The molecular formula is C18H17ClN2O5. The third-order valence-electron chi connectivity index (χ3n) is 3.45. The Morgan fingerprint density at radius 2 is 1.96 bits per heavy atom. The van der Waals surface area contributed by atoms with Crippen molar-refractivity contribution in [2.45, 2.75) is 0 Å². The number of hydrogen-bond acceptors (Lipinski definition) is 6. The van der Waals surface area contributed by atoms with Crippen LogP contribution in [-0.2, 0) is 4.79 Å². The first-order valence-corrected chi connectivity index (χ1v) is 8.21. The zero-order valence-electron chi connectivity index (χ0n) is 14.0. The summed E-state index contributed by atoms with van der Waals surface area (Å²) in [5, 5.41) is 4.32. The molecule has 1 aliphatic rings. The van der Waals surface area contributed by atoms with Crippen molar-refractivity contribution in [2.24, 2.45) is 5.10 Å². The van der Waals surface area contributed by atoms with Crippen LogP contribution in [0.25, 0.3) is 0 Å². The van der Waals surface area contributed by atoms with Gasteiger partial charge in [-0.25, -0.2) is 5.43 Å². The fourth-order valence-electron chi connectivity index (χ4n) is 2.24. The van der Waals surface area contributed by atoms with E-state index in [0.29, 0.717) is 46.8 Å². The summed E-state index contributed by atoms with van der Waals surface area (Å²) in [5.74, 6) is 1.96. The summed E-state index contributed by atoms with van der Waals surface area (Å²) in [4.78, 5) is 11.8. The number of nitrogens with zero attached hydrogens (tertiary/aromatic N) is 1. The number of fused-ring (bicyclic) bond motifs is 1. The van der Waals surface area contributed by atoms with Crippen LogP contribution in [0.15, 0.2) is 41.5 Å². The maximum Gasteiger partial charge on any atom is 0.277 e. The summed E-state index contributed by atoms with van der Waals surface area (Å²) in [6.45, 7) is 0.763. The molecule has 1 aliphatic heterocycles. The minimum absolute atomic E-state index is 0.161. The zero-order valence-corrected chi connectivity index (χ0v) is 14.8. The number of amides is 1. The highest BCUT2D eigenvalue weighted by atomic mass is 35.5. The molecule has 0 bridgehead atoms. The summed E-state index contributed by atoms with van der Waals surface area (Å²) < 4.78 is 21.4. The van der Waals surface area contributed by atoms with E-state index in [4.69, 9.17) is 30.5 Å². The molecule has 0 spiro atoms. The van der Waals surface area contributed by atoms with Crippen molar-refractivity contribution >= 4 is 23.7 Å². The number of hydrogen-bond donors (Lipinski definition) is 1. The lowest BCUT2D eigenvalue weighted by molar-refractivity contribution is -0.123. The molecule has 0 atom stereocenters. The fraction of sp³-hybridized carbons (Fsp3) is 0.222. The summed E-state index contributed by atoms with van der Waals surface area (Å²) in [6.07, 6.45) is 1.47. The Balaban J connectivity index is 1.51. The Morgan fingerprint density at radius 3 is 2.73 bits per heavy atom.